The molecule has 1 aliphatic rings. The molecule has 0 saturated carbocycles. The number of carbonyl (C=O) groups is 1. The van der Waals surface area contributed by atoms with Crippen LogP contribution in [0.4, 0.5) is 0 Å². The second kappa shape index (κ2) is 3.81. The topological polar surface area (TPSA) is 44.8 Å². The Kier molecular flexibility index (Phi) is 2.49. The minimum atomic E-state index is -0.291. The molecular weight excluding hydrogens is 196 g/mol. The summed E-state index contributed by atoms with van der Waals surface area (Å²) in [5.41, 5.74) is 0.890. The van der Waals surface area contributed by atoms with Gasteiger partial charge < -0.3 is 14.2 Å². The largest absolute Gasteiger partial charge is 0.461 e. The fraction of sp³-hybridized carbons (Fsp3) is 0.364. The molecule has 15 heavy (non-hydrogen) atoms. The van der Waals surface area contributed by atoms with Gasteiger partial charge in [0.1, 0.15) is 6.61 Å². The molecule has 2 rings (SSSR count). The van der Waals surface area contributed by atoms with Gasteiger partial charge in [0.2, 0.25) is 6.29 Å². The molecule has 4 nitrogen and oxygen atoms in total. The van der Waals surface area contributed by atoms with E-state index in [4.69, 9.17) is 14.2 Å². The van der Waals surface area contributed by atoms with Crippen molar-refractivity contribution in [1.82, 2.24) is 0 Å². The highest BCUT2D eigenvalue weighted by atomic mass is 16.7. The van der Waals surface area contributed by atoms with E-state index in [-0.39, 0.29) is 18.9 Å². The van der Waals surface area contributed by atoms with Crippen molar-refractivity contribution < 1.29 is 19.0 Å². The van der Waals surface area contributed by atoms with Crippen molar-refractivity contribution in [3.63, 3.8) is 0 Å². The van der Waals surface area contributed by atoms with Gasteiger partial charge in [-0.15, -0.1) is 0 Å². The van der Waals surface area contributed by atoms with Crippen molar-refractivity contribution in [2.45, 2.75) is 26.7 Å². The van der Waals surface area contributed by atoms with Gasteiger partial charge >= 0.3 is 5.97 Å². The number of carbonyl (C=O) groups excluding carboxylic acids is 1. The van der Waals surface area contributed by atoms with Crippen molar-refractivity contribution in [2.75, 3.05) is 0 Å². The Labute approximate surface area is 87.8 Å². The third-order valence-electron chi connectivity index (χ3n) is 2.04. The summed E-state index contributed by atoms with van der Waals surface area (Å²) >= 11 is 0. The van der Waals surface area contributed by atoms with Crippen LogP contribution in [0.5, 0.6) is 11.5 Å². The van der Waals surface area contributed by atoms with Crippen molar-refractivity contribution >= 4 is 5.97 Å². The SMILES string of the molecule is CC(=O)OCc1ccc2c(c1)OC(C)O2. The number of fused-ring (bicyclic) bond motifs is 1. The van der Waals surface area contributed by atoms with Crippen molar-refractivity contribution in [1.29, 1.82) is 0 Å². The molecule has 4 heteroatoms. The Morgan fingerprint density at radius 2 is 2.13 bits per heavy atom. The molecule has 1 aliphatic heterocycles. The van der Waals surface area contributed by atoms with Gasteiger partial charge in [0.05, 0.1) is 0 Å². The van der Waals surface area contributed by atoms with Gasteiger partial charge in [-0.1, -0.05) is 6.07 Å². The summed E-state index contributed by atoms with van der Waals surface area (Å²) in [4.78, 5) is 10.6. The first-order chi connectivity index (χ1) is 7.15. The quantitative estimate of drug-likeness (QED) is 0.696. The highest BCUT2D eigenvalue weighted by Gasteiger charge is 2.19. The van der Waals surface area contributed by atoms with Crippen LogP contribution in [-0.4, -0.2) is 12.3 Å². The van der Waals surface area contributed by atoms with Gasteiger partial charge in [-0.2, -0.15) is 0 Å². The zero-order chi connectivity index (χ0) is 10.8. The molecular formula is C11H12O4. The van der Waals surface area contributed by atoms with Crippen LogP contribution in [0.3, 0.4) is 0 Å². The zero-order valence-corrected chi connectivity index (χ0v) is 8.65. The second-order valence-electron chi connectivity index (χ2n) is 3.36. The van der Waals surface area contributed by atoms with E-state index in [9.17, 15) is 4.79 Å². The van der Waals surface area contributed by atoms with E-state index < -0.39 is 0 Å². The van der Waals surface area contributed by atoms with Crippen LogP contribution >= 0.6 is 0 Å². The maximum atomic E-state index is 10.6. The summed E-state index contributed by atoms with van der Waals surface area (Å²) in [7, 11) is 0. The van der Waals surface area contributed by atoms with E-state index in [0.717, 1.165) is 11.3 Å². The van der Waals surface area contributed by atoms with Crippen LogP contribution in [0.2, 0.25) is 0 Å². The number of esters is 1. The number of benzene rings is 1. The monoisotopic (exact) mass is 208 g/mol. The minimum Gasteiger partial charge on any atom is -0.461 e. The average molecular weight is 208 g/mol. The molecule has 0 spiro atoms. The standard InChI is InChI=1S/C11H12O4/c1-7(12)13-6-9-3-4-10-11(5-9)15-8(2)14-10/h3-5,8H,6H2,1-2H3. The van der Waals surface area contributed by atoms with Crippen LogP contribution in [0.15, 0.2) is 18.2 Å². The predicted octanol–water partition coefficient (Wildman–Crippen LogP) is 1.87. The lowest BCUT2D eigenvalue weighted by Crippen LogP contribution is -2.11. The highest BCUT2D eigenvalue weighted by Crippen LogP contribution is 2.35. The molecule has 0 saturated heterocycles. The third kappa shape index (κ3) is 2.21. The Morgan fingerprint density at radius 1 is 1.40 bits per heavy atom. The Hall–Kier alpha value is -1.71. The number of hydrogen-bond donors (Lipinski definition) is 0. The van der Waals surface area contributed by atoms with Crippen LogP contribution in [0.25, 0.3) is 0 Å². The molecule has 80 valence electrons. The van der Waals surface area contributed by atoms with Crippen LogP contribution in [-0.2, 0) is 16.1 Å². The first-order valence-corrected chi connectivity index (χ1v) is 4.75. The van der Waals surface area contributed by atoms with E-state index in [1.807, 2.05) is 25.1 Å². The maximum Gasteiger partial charge on any atom is 0.302 e. The fourth-order valence-electron chi connectivity index (χ4n) is 1.40. The summed E-state index contributed by atoms with van der Waals surface area (Å²) in [6.07, 6.45) is -0.246. The van der Waals surface area contributed by atoms with Crippen molar-refractivity contribution in [3.05, 3.63) is 23.8 Å². The van der Waals surface area contributed by atoms with Gasteiger partial charge in [-0.3, -0.25) is 4.79 Å². The molecule has 0 amide bonds. The summed E-state index contributed by atoms with van der Waals surface area (Å²) in [6, 6.07) is 5.49. The smallest absolute Gasteiger partial charge is 0.302 e. The number of rotatable bonds is 2. The normalized spacial score (nSPS) is 17.6. The lowest BCUT2D eigenvalue weighted by atomic mass is 10.2. The molecule has 0 aromatic heterocycles. The first kappa shape index (κ1) is 9.83. The fourth-order valence-corrected chi connectivity index (χ4v) is 1.40. The van der Waals surface area contributed by atoms with Gasteiger partial charge in [0.15, 0.2) is 11.5 Å². The molecule has 1 unspecified atom stereocenters. The van der Waals surface area contributed by atoms with Crippen LogP contribution in [0, 0.1) is 0 Å². The van der Waals surface area contributed by atoms with Crippen molar-refractivity contribution in [3.8, 4) is 11.5 Å². The van der Waals surface area contributed by atoms with E-state index in [1.165, 1.54) is 6.92 Å². The van der Waals surface area contributed by atoms with Gasteiger partial charge in [-0.05, 0) is 17.7 Å². The Morgan fingerprint density at radius 3 is 2.87 bits per heavy atom. The highest BCUT2D eigenvalue weighted by molar-refractivity contribution is 5.66. The third-order valence-corrected chi connectivity index (χ3v) is 2.04. The second-order valence-corrected chi connectivity index (χ2v) is 3.36. The molecule has 1 atom stereocenters. The lowest BCUT2D eigenvalue weighted by Gasteiger charge is -2.03. The summed E-state index contributed by atoms with van der Waals surface area (Å²) in [5.74, 6) is 1.14. The summed E-state index contributed by atoms with van der Waals surface area (Å²) in [5, 5.41) is 0. The average Bonchev–Trinajstić information content (AvgIpc) is 2.53. The molecule has 1 aromatic rings. The van der Waals surface area contributed by atoms with E-state index in [0.29, 0.717) is 5.75 Å². The predicted molar refractivity (Wildman–Crippen MR) is 52.6 cm³/mol. The lowest BCUT2D eigenvalue weighted by molar-refractivity contribution is -0.142. The van der Waals surface area contributed by atoms with E-state index >= 15 is 0 Å². The van der Waals surface area contributed by atoms with Crippen molar-refractivity contribution in [2.24, 2.45) is 0 Å². The molecule has 1 heterocycles. The van der Waals surface area contributed by atoms with Gasteiger partial charge in [0.25, 0.3) is 0 Å². The molecule has 0 bridgehead atoms. The summed E-state index contributed by atoms with van der Waals surface area (Å²) in [6.45, 7) is 3.47. The Balaban J connectivity index is 2.09. The number of hydrogen-bond acceptors (Lipinski definition) is 4. The minimum absolute atomic E-state index is 0.246. The van der Waals surface area contributed by atoms with Gasteiger partial charge in [0, 0.05) is 13.8 Å². The van der Waals surface area contributed by atoms with Crippen LogP contribution < -0.4 is 9.47 Å². The first-order valence-electron chi connectivity index (χ1n) is 4.75. The molecule has 0 N–H and O–H groups in total. The Bertz CT molecular complexity index is 386. The molecule has 0 radical (unpaired) electrons. The van der Waals surface area contributed by atoms with E-state index in [2.05, 4.69) is 0 Å². The molecule has 0 fully saturated rings. The zero-order valence-electron chi connectivity index (χ0n) is 8.65. The maximum absolute atomic E-state index is 10.6. The van der Waals surface area contributed by atoms with Crippen LogP contribution in [0.1, 0.15) is 19.4 Å². The summed E-state index contributed by atoms with van der Waals surface area (Å²) < 4.78 is 15.6. The van der Waals surface area contributed by atoms with E-state index in [1.54, 1.807) is 0 Å². The molecule has 0 aliphatic carbocycles. The number of ether oxygens (including phenoxy) is 3. The van der Waals surface area contributed by atoms with Gasteiger partial charge in [-0.25, -0.2) is 0 Å². The molecule has 1 aromatic carbocycles.